The van der Waals surface area contributed by atoms with Gasteiger partial charge in [-0.1, -0.05) is 65.7 Å². The number of carbonyl (C=O) groups is 2. The van der Waals surface area contributed by atoms with Gasteiger partial charge in [-0.15, -0.1) is 0 Å². The second-order valence-corrected chi connectivity index (χ2v) is 13.7. The van der Waals surface area contributed by atoms with Gasteiger partial charge in [0.25, 0.3) is 0 Å². The minimum atomic E-state index is 0.102. The van der Waals surface area contributed by atoms with Crippen LogP contribution in [-0.2, 0) is 29.7 Å². The lowest BCUT2D eigenvalue weighted by molar-refractivity contribution is -0.120. The summed E-state index contributed by atoms with van der Waals surface area (Å²) < 4.78 is 7.76. The molecule has 10 nitrogen and oxygen atoms in total. The molecule has 2 saturated heterocycles. The van der Waals surface area contributed by atoms with E-state index in [1.807, 2.05) is 61.8 Å². The van der Waals surface area contributed by atoms with Crippen molar-refractivity contribution in [1.82, 2.24) is 35.8 Å². The summed E-state index contributed by atoms with van der Waals surface area (Å²) in [4.78, 5) is 32.7. The number of amides is 2. The average molecular weight is 713 g/mol. The van der Waals surface area contributed by atoms with Gasteiger partial charge in [-0.05, 0) is 30.5 Å². The normalized spacial score (nSPS) is 17.4. The summed E-state index contributed by atoms with van der Waals surface area (Å²) in [5.74, 6) is 0.734. The van der Waals surface area contributed by atoms with E-state index in [1.54, 1.807) is 7.11 Å². The van der Waals surface area contributed by atoms with Crippen molar-refractivity contribution in [3.63, 3.8) is 0 Å². The summed E-state index contributed by atoms with van der Waals surface area (Å²) >= 11 is 14.3. The number of fused-ring (bicyclic) bond motifs is 1. The Kier molecular flexibility index (Phi) is 10.1. The van der Waals surface area contributed by atoms with Gasteiger partial charge in [0, 0.05) is 104 Å². The number of pyridine rings is 2. The van der Waals surface area contributed by atoms with Crippen LogP contribution in [0.5, 0.6) is 5.88 Å². The second kappa shape index (κ2) is 14.8. The van der Waals surface area contributed by atoms with Gasteiger partial charge >= 0.3 is 0 Å². The molecular formula is C38H39Cl2N7O3. The van der Waals surface area contributed by atoms with Gasteiger partial charge in [0.15, 0.2) is 0 Å². The van der Waals surface area contributed by atoms with E-state index in [0.717, 1.165) is 69.4 Å². The molecule has 2 aliphatic heterocycles. The molecule has 0 saturated carbocycles. The zero-order chi connectivity index (χ0) is 34.8. The van der Waals surface area contributed by atoms with E-state index in [1.165, 1.54) is 0 Å². The highest BCUT2D eigenvalue weighted by atomic mass is 35.5. The number of benzene rings is 2. The van der Waals surface area contributed by atoms with Gasteiger partial charge in [0.2, 0.25) is 17.7 Å². The fourth-order valence-corrected chi connectivity index (χ4v) is 7.52. The number of ether oxygens (including phenoxy) is 1. The first-order valence-electron chi connectivity index (χ1n) is 16.8. The zero-order valence-electron chi connectivity index (χ0n) is 28.0. The molecule has 2 unspecified atom stereocenters. The summed E-state index contributed by atoms with van der Waals surface area (Å²) in [5, 5.41) is 15.0. The molecule has 50 heavy (non-hydrogen) atoms. The summed E-state index contributed by atoms with van der Waals surface area (Å²) in [6, 6.07) is 18.1. The Labute approximate surface area is 300 Å². The molecule has 2 aliphatic rings. The van der Waals surface area contributed by atoms with E-state index in [9.17, 15) is 9.59 Å². The first kappa shape index (κ1) is 34.0. The van der Waals surface area contributed by atoms with Gasteiger partial charge in [-0.25, -0.2) is 4.98 Å². The Morgan fingerprint density at radius 2 is 1.40 bits per heavy atom. The van der Waals surface area contributed by atoms with Crippen molar-refractivity contribution in [2.24, 2.45) is 7.05 Å². The molecule has 4 N–H and O–H groups in total. The number of carbonyl (C=O) groups excluding carboxylic acids is 2. The SMILES string of the molecule is COc1nc(-c2cccc(-c3cccc(-c4cc5c(cn4)c(CNCC4CCC(=O)N4)cn5C)c3Cl)c2Cl)ccc1CNCC1CCC(=O)N1. The summed E-state index contributed by atoms with van der Waals surface area (Å²) in [6.45, 7) is 2.65. The van der Waals surface area contributed by atoms with Crippen molar-refractivity contribution in [3.8, 4) is 39.5 Å². The Hall–Kier alpha value is -4.48. The zero-order valence-corrected chi connectivity index (χ0v) is 29.5. The van der Waals surface area contributed by atoms with Gasteiger partial charge < -0.3 is 30.6 Å². The van der Waals surface area contributed by atoms with Crippen LogP contribution >= 0.6 is 23.2 Å². The summed E-state index contributed by atoms with van der Waals surface area (Å²) in [6.07, 6.45) is 6.89. The number of aromatic nitrogens is 3. The Morgan fingerprint density at radius 3 is 1.98 bits per heavy atom. The lowest BCUT2D eigenvalue weighted by Crippen LogP contribution is -2.35. The number of nitrogens with one attached hydrogen (secondary N) is 4. The molecule has 12 heteroatoms. The molecule has 0 spiro atoms. The van der Waals surface area contributed by atoms with E-state index in [4.69, 9.17) is 37.9 Å². The molecule has 0 aliphatic carbocycles. The smallest absolute Gasteiger partial charge is 0.220 e. The van der Waals surface area contributed by atoms with Crippen LogP contribution in [0.2, 0.25) is 10.0 Å². The van der Waals surface area contributed by atoms with Crippen molar-refractivity contribution < 1.29 is 14.3 Å². The fraction of sp³-hybridized carbons (Fsp3) is 0.316. The van der Waals surface area contributed by atoms with Crippen LogP contribution in [0.1, 0.15) is 36.8 Å². The molecule has 2 fully saturated rings. The van der Waals surface area contributed by atoms with Gasteiger partial charge in [-0.2, -0.15) is 0 Å². The van der Waals surface area contributed by atoms with E-state index >= 15 is 0 Å². The van der Waals surface area contributed by atoms with Gasteiger partial charge in [0.05, 0.1) is 34.1 Å². The van der Waals surface area contributed by atoms with Crippen LogP contribution in [0, 0.1) is 0 Å². The number of rotatable bonds is 12. The predicted molar refractivity (Wildman–Crippen MR) is 197 cm³/mol. The Bertz CT molecular complexity index is 2080. The average Bonchev–Trinajstić information content (AvgIpc) is 3.83. The number of hydrogen-bond acceptors (Lipinski definition) is 7. The van der Waals surface area contributed by atoms with Crippen LogP contribution in [0.15, 0.2) is 67.0 Å². The summed E-state index contributed by atoms with van der Waals surface area (Å²) in [5.41, 5.74) is 7.69. The second-order valence-electron chi connectivity index (χ2n) is 12.9. The number of nitrogens with zero attached hydrogens (tertiary/aromatic N) is 3. The van der Waals surface area contributed by atoms with E-state index in [2.05, 4.69) is 38.1 Å². The topological polar surface area (TPSA) is 122 Å². The van der Waals surface area contributed by atoms with Crippen LogP contribution in [0.25, 0.3) is 44.5 Å². The van der Waals surface area contributed by atoms with Crippen molar-refractivity contribution in [2.45, 2.75) is 50.9 Å². The van der Waals surface area contributed by atoms with Crippen LogP contribution in [0.3, 0.4) is 0 Å². The van der Waals surface area contributed by atoms with Crippen molar-refractivity contribution >= 4 is 45.9 Å². The lowest BCUT2D eigenvalue weighted by Gasteiger charge is -2.15. The molecular weight excluding hydrogens is 673 g/mol. The van der Waals surface area contributed by atoms with Crippen molar-refractivity contribution in [1.29, 1.82) is 0 Å². The highest BCUT2D eigenvalue weighted by Crippen LogP contribution is 2.42. The molecule has 2 aromatic carbocycles. The van der Waals surface area contributed by atoms with Crippen LogP contribution in [0.4, 0.5) is 0 Å². The number of methoxy groups -OCH3 is 1. The highest BCUT2D eigenvalue weighted by molar-refractivity contribution is 6.39. The molecule has 2 amide bonds. The number of hydrogen-bond donors (Lipinski definition) is 4. The molecule has 0 bridgehead atoms. The fourth-order valence-electron chi connectivity index (χ4n) is 6.87. The molecule has 5 aromatic rings. The standard InChI is InChI=1S/C38H39Cl2N7O3/c1-47-21-23(17-42-19-25-11-14-35(49)45-25)30-20-43-32(15-33(30)47)29-8-4-6-27(37(29)40)26-5-3-7-28(36(26)39)31-12-9-22(38(46-31)50-2)16-41-18-24-10-13-34(48)44-24/h3-9,12,15,20-21,24-25,41-42H,10-11,13-14,16-19H2,1-2H3,(H,44,48)(H,45,49). The Morgan fingerprint density at radius 1 is 0.820 bits per heavy atom. The maximum absolute atomic E-state index is 11.5. The number of aryl methyl sites for hydroxylation is 1. The molecule has 7 rings (SSSR count). The van der Waals surface area contributed by atoms with E-state index in [-0.39, 0.29) is 23.9 Å². The minimum absolute atomic E-state index is 0.102. The minimum Gasteiger partial charge on any atom is -0.481 e. The molecule has 5 heterocycles. The first-order chi connectivity index (χ1) is 24.3. The molecule has 3 aromatic heterocycles. The molecule has 258 valence electrons. The van der Waals surface area contributed by atoms with Gasteiger partial charge in [-0.3, -0.25) is 14.6 Å². The van der Waals surface area contributed by atoms with Gasteiger partial charge in [0.1, 0.15) is 0 Å². The van der Waals surface area contributed by atoms with Crippen molar-refractivity contribution in [3.05, 3.63) is 88.2 Å². The monoisotopic (exact) mass is 711 g/mol. The van der Waals surface area contributed by atoms with Crippen LogP contribution in [-0.4, -0.2) is 58.6 Å². The maximum Gasteiger partial charge on any atom is 0.220 e. The summed E-state index contributed by atoms with van der Waals surface area (Å²) in [7, 11) is 3.63. The quantitative estimate of drug-likeness (QED) is 0.125. The van der Waals surface area contributed by atoms with E-state index in [0.29, 0.717) is 54.1 Å². The third-order valence-corrected chi connectivity index (χ3v) is 10.3. The molecule has 0 radical (unpaired) electrons. The Balaban J connectivity index is 1.11. The highest BCUT2D eigenvalue weighted by Gasteiger charge is 2.22. The third kappa shape index (κ3) is 7.07. The first-order valence-corrected chi connectivity index (χ1v) is 17.6. The lowest BCUT2D eigenvalue weighted by atomic mass is 9.98. The number of halogens is 2. The largest absolute Gasteiger partial charge is 0.481 e. The van der Waals surface area contributed by atoms with Crippen LogP contribution < -0.4 is 26.0 Å². The third-order valence-electron chi connectivity index (χ3n) is 9.51. The molecule has 2 atom stereocenters. The maximum atomic E-state index is 11.5. The van der Waals surface area contributed by atoms with Crippen molar-refractivity contribution in [2.75, 3.05) is 20.2 Å². The van der Waals surface area contributed by atoms with E-state index < -0.39 is 0 Å². The predicted octanol–water partition coefficient (Wildman–Crippen LogP) is 6.02.